The highest BCUT2D eigenvalue weighted by Gasteiger charge is 2.06. The average molecular weight is 238 g/mol. The Morgan fingerprint density at radius 3 is 2.00 bits per heavy atom. The van der Waals surface area contributed by atoms with Gasteiger partial charge in [0, 0.05) is 12.0 Å². The van der Waals surface area contributed by atoms with E-state index in [-0.39, 0.29) is 5.78 Å². The summed E-state index contributed by atoms with van der Waals surface area (Å²) in [4.78, 5) is 12.1. The van der Waals surface area contributed by atoms with Gasteiger partial charge in [-0.15, -0.1) is 0 Å². The summed E-state index contributed by atoms with van der Waals surface area (Å²) in [7, 11) is 0. The smallest absolute Gasteiger partial charge is 0.167 e. The maximum Gasteiger partial charge on any atom is 0.167 e. The zero-order valence-electron chi connectivity index (χ0n) is 10.9. The molecular weight excluding hydrogens is 220 g/mol. The number of ketones is 1. The Kier molecular flexibility index (Phi) is 3.93. The van der Waals surface area contributed by atoms with Crippen LogP contribution in [0.5, 0.6) is 0 Å². The molecule has 2 aromatic rings. The first-order chi connectivity index (χ1) is 8.69. The molecule has 0 unspecified atom stereocenters. The summed E-state index contributed by atoms with van der Waals surface area (Å²) < 4.78 is 0. The topological polar surface area (TPSA) is 17.1 Å². The van der Waals surface area contributed by atoms with E-state index in [2.05, 4.69) is 19.1 Å². The van der Waals surface area contributed by atoms with Crippen LogP contribution in [0.4, 0.5) is 0 Å². The number of hydrogen-bond donors (Lipinski definition) is 0. The van der Waals surface area contributed by atoms with Crippen LogP contribution in [0.3, 0.4) is 0 Å². The normalized spacial score (nSPS) is 10.3. The van der Waals surface area contributed by atoms with Crippen LogP contribution in [0.25, 0.3) is 0 Å². The Labute approximate surface area is 108 Å². The Morgan fingerprint density at radius 1 is 0.889 bits per heavy atom. The maximum atomic E-state index is 12.1. The molecule has 0 N–H and O–H groups in total. The van der Waals surface area contributed by atoms with Gasteiger partial charge in [-0.3, -0.25) is 4.79 Å². The van der Waals surface area contributed by atoms with Gasteiger partial charge < -0.3 is 0 Å². The number of aryl methyl sites for hydroxylation is 2. The zero-order chi connectivity index (χ0) is 13.0. The summed E-state index contributed by atoms with van der Waals surface area (Å²) in [5.41, 5.74) is 4.36. The van der Waals surface area contributed by atoms with E-state index in [1.54, 1.807) is 0 Å². The first-order valence-electron chi connectivity index (χ1n) is 6.36. The van der Waals surface area contributed by atoms with Crippen LogP contribution in [0, 0.1) is 6.92 Å². The van der Waals surface area contributed by atoms with Gasteiger partial charge in [0.1, 0.15) is 0 Å². The molecule has 0 spiro atoms. The van der Waals surface area contributed by atoms with Gasteiger partial charge in [-0.1, -0.05) is 61.0 Å². The van der Waals surface area contributed by atoms with E-state index in [0.29, 0.717) is 6.42 Å². The SMILES string of the molecule is CCc1ccc(CC(=O)c2ccc(C)cc2)cc1. The molecule has 0 saturated heterocycles. The fourth-order valence-electron chi connectivity index (χ4n) is 1.92. The Balaban J connectivity index is 2.08. The molecule has 2 rings (SSSR count). The summed E-state index contributed by atoms with van der Waals surface area (Å²) in [5.74, 6) is 0.180. The van der Waals surface area contributed by atoms with Crippen LogP contribution in [-0.2, 0) is 12.8 Å². The maximum absolute atomic E-state index is 12.1. The molecule has 0 bridgehead atoms. The van der Waals surface area contributed by atoms with Crippen molar-refractivity contribution in [2.24, 2.45) is 0 Å². The van der Waals surface area contributed by atoms with Crippen molar-refractivity contribution >= 4 is 5.78 Å². The highest BCUT2D eigenvalue weighted by molar-refractivity contribution is 5.97. The summed E-state index contributed by atoms with van der Waals surface area (Å²) >= 11 is 0. The number of rotatable bonds is 4. The van der Waals surface area contributed by atoms with Gasteiger partial charge in [0.15, 0.2) is 5.78 Å². The van der Waals surface area contributed by atoms with E-state index in [1.807, 2.05) is 43.3 Å². The van der Waals surface area contributed by atoms with Gasteiger partial charge in [-0.25, -0.2) is 0 Å². The third-order valence-electron chi connectivity index (χ3n) is 3.17. The van der Waals surface area contributed by atoms with Crippen LogP contribution < -0.4 is 0 Å². The molecular formula is C17H18O. The lowest BCUT2D eigenvalue weighted by atomic mass is 10.0. The average Bonchev–Trinajstić information content (AvgIpc) is 2.40. The Morgan fingerprint density at radius 2 is 1.44 bits per heavy atom. The van der Waals surface area contributed by atoms with Gasteiger partial charge in [0.2, 0.25) is 0 Å². The number of carbonyl (C=O) groups excluding carboxylic acids is 1. The van der Waals surface area contributed by atoms with Crippen molar-refractivity contribution in [3.05, 3.63) is 70.8 Å². The lowest BCUT2D eigenvalue weighted by Gasteiger charge is -2.03. The highest BCUT2D eigenvalue weighted by atomic mass is 16.1. The van der Waals surface area contributed by atoms with Gasteiger partial charge in [-0.2, -0.15) is 0 Å². The third kappa shape index (κ3) is 3.07. The van der Waals surface area contributed by atoms with E-state index in [4.69, 9.17) is 0 Å². The first kappa shape index (κ1) is 12.6. The first-order valence-corrected chi connectivity index (χ1v) is 6.36. The fraction of sp³-hybridized carbons (Fsp3) is 0.235. The Hall–Kier alpha value is -1.89. The molecule has 1 nitrogen and oxygen atoms in total. The molecule has 92 valence electrons. The largest absolute Gasteiger partial charge is 0.294 e. The fourth-order valence-corrected chi connectivity index (χ4v) is 1.92. The van der Waals surface area contributed by atoms with E-state index in [0.717, 1.165) is 17.5 Å². The second kappa shape index (κ2) is 5.63. The molecule has 1 heteroatoms. The Bertz CT molecular complexity index is 521. The number of Topliss-reactive ketones (excluding diaryl/α,β-unsaturated/α-hetero) is 1. The molecule has 0 amide bonds. The monoisotopic (exact) mass is 238 g/mol. The molecule has 0 aliphatic carbocycles. The zero-order valence-corrected chi connectivity index (χ0v) is 10.9. The molecule has 0 heterocycles. The van der Waals surface area contributed by atoms with Crippen molar-refractivity contribution in [2.75, 3.05) is 0 Å². The molecule has 2 aromatic carbocycles. The molecule has 0 aliphatic heterocycles. The minimum Gasteiger partial charge on any atom is -0.294 e. The van der Waals surface area contributed by atoms with Crippen LogP contribution in [0.2, 0.25) is 0 Å². The van der Waals surface area contributed by atoms with E-state index >= 15 is 0 Å². The van der Waals surface area contributed by atoms with Gasteiger partial charge >= 0.3 is 0 Å². The molecule has 0 atom stereocenters. The molecule has 0 fully saturated rings. The quantitative estimate of drug-likeness (QED) is 0.736. The second-order valence-corrected chi connectivity index (χ2v) is 4.64. The summed E-state index contributed by atoms with van der Waals surface area (Å²) in [6, 6.07) is 16.0. The minimum absolute atomic E-state index is 0.180. The second-order valence-electron chi connectivity index (χ2n) is 4.64. The lowest BCUT2D eigenvalue weighted by molar-refractivity contribution is 0.0993. The van der Waals surface area contributed by atoms with Crippen molar-refractivity contribution < 1.29 is 4.79 Å². The summed E-state index contributed by atoms with van der Waals surface area (Å²) in [5, 5.41) is 0. The summed E-state index contributed by atoms with van der Waals surface area (Å²) in [6.45, 7) is 4.16. The lowest BCUT2D eigenvalue weighted by Crippen LogP contribution is -2.03. The van der Waals surface area contributed by atoms with Gasteiger partial charge in [-0.05, 0) is 24.5 Å². The van der Waals surface area contributed by atoms with Crippen LogP contribution >= 0.6 is 0 Å². The van der Waals surface area contributed by atoms with Crippen molar-refractivity contribution in [2.45, 2.75) is 26.7 Å². The standard InChI is InChI=1S/C17H18O/c1-3-14-6-8-15(9-7-14)12-17(18)16-10-4-13(2)5-11-16/h4-11H,3,12H2,1-2H3. The third-order valence-corrected chi connectivity index (χ3v) is 3.17. The summed E-state index contributed by atoms with van der Waals surface area (Å²) in [6.07, 6.45) is 1.51. The van der Waals surface area contributed by atoms with Gasteiger partial charge in [0.05, 0.1) is 0 Å². The predicted octanol–water partition coefficient (Wildman–Crippen LogP) is 3.98. The highest BCUT2D eigenvalue weighted by Crippen LogP contribution is 2.10. The molecule has 18 heavy (non-hydrogen) atoms. The van der Waals surface area contributed by atoms with E-state index in [9.17, 15) is 4.79 Å². The van der Waals surface area contributed by atoms with Crippen molar-refractivity contribution in [1.29, 1.82) is 0 Å². The van der Waals surface area contributed by atoms with Crippen molar-refractivity contribution in [1.82, 2.24) is 0 Å². The van der Waals surface area contributed by atoms with Crippen LogP contribution in [0.15, 0.2) is 48.5 Å². The van der Waals surface area contributed by atoms with E-state index < -0.39 is 0 Å². The van der Waals surface area contributed by atoms with Crippen LogP contribution in [0.1, 0.15) is 34.0 Å². The predicted molar refractivity (Wildman–Crippen MR) is 75.0 cm³/mol. The van der Waals surface area contributed by atoms with Gasteiger partial charge in [0.25, 0.3) is 0 Å². The number of benzene rings is 2. The molecule has 0 radical (unpaired) electrons. The van der Waals surface area contributed by atoms with Crippen LogP contribution in [-0.4, -0.2) is 5.78 Å². The molecule has 0 saturated carbocycles. The van der Waals surface area contributed by atoms with Crippen molar-refractivity contribution in [3.8, 4) is 0 Å². The number of hydrogen-bond acceptors (Lipinski definition) is 1. The minimum atomic E-state index is 0.180. The van der Waals surface area contributed by atoms with Crippen molar-refractivity contribution in [3.63, 3.8) is 0 Å². The number of carbonyl (C=O) groups is 1. The molecule has 0 aliphatic rings. The molecule has 0 aromatic heterocycles. The van der Waals surface area contributed by atoms with E-state index in [1.165, 1.54) is 11.1 Å².